The molecule has 13 heavy (non-hydrogen) atoms. The minimum absolute atomic E-state index is 0.0228. The lowest BCUT2D eigenvalue weighted by atomic mass is 10.2. The molecule has 0 amide bonds. The van der Waals surface area contributed by atoms with Crippen molar-refractivity contribution in [2.24, 2.45) is 0 Å². The van der Waals surface area contributed by atoms with Crippen LogP contribution in [0.2, 0.25) is 0 Å². The molecule has 1 rings (SSSR count). The first-order chi connectivity index (χ1) is 6.15. The van der Waals surface area contributed by atoms with Crippen molar-refractivity contribution >= 4 is 40.5 Å². The van der Waals surface area contributed by atoms with Gasteiger partial charge in [0.1, 0.15) is 0 Å². The van der Waals surface area contributed by atoms with Crippen LogP contribution in [0.1, 0.15) is 23.5 Å². The van der Waals surface area contributed by atoms with Gasteiger partial charge in [0.15, 0.2) is 5.78 Å². The molecule has 0 saturated carbocycles. The Bertz CT molecular complexity index is 294. The zero-order valence-electron chi connectivity index (χ0n) is 7.54. The fourth-order valence-electron chi connectivity index (χ4n) is 0.868. The standard InChI is InChI=1S/C9H11ClOS2/c1-3-12-8-5-4-7(13-8)9(11)6(2)10/h4-6H,3H2,1-2H3. The van der Waals surface area contributed by atoms with Crippen molar-refractivity contribution in [1.82, 2.24) is 0 Å². The summed E-state index contributed by atoms with van der Waals surface area (Å²) in [6, 6.07) is 3.83. The fraction of sp³-hybridized carbons (Fsp3) is 0.444. The first-order valence-corrected chi connectivity index (χ1v) is 6.30. The molecular weight excluding hydrogens is 224 g/mol. The third-order valence-electron chi connectivity index (χ3n) is 1.47. The molecule has 1 aromatic heterocycles. The van der Waals surface area contributed by atoms with Gasteiger partial charge >= 0.3 is 0 Å². The number of hydrogen-bond donors (Lipinski definition) is 0. The van der Waals surface area contributed by atoms with Gasteiger partial charge in [-0.05, 0) is 24.8 Å². The van der Waals surface area contributed by atoms with E-state index in [9.17, 15) is 4.79 Å². The van der Waals surface area contributed by atoms with E-state index < -0.39 is 5.38 Å². The SMILES string of the molecule is CCSc1ccc(C(=O)C(C)Cl)s1. The van der Waals surface area contributed by atoms with Gasteiger partial charge in [0, 0.05) is 0 Å². The van der Waals surface area contributed by atoms with E-state index in [2.05, 4.69) is 6.92 Å². The summed E-state index contributed by atoms with van der Waals surface area (Å²) >= 11 is 8.97. The van der Waals surface area contributed by atoms with Crippen molar-refractivity contribution < 1.29 is 4.79 Å². The van der Waals surface area contributed by atoms with Gasteiger partial charge in [0.05, 0.1) is 14.5 Å². The predicted octanol–water partition coefficient (Wildman–Crippen LogP) is 3.67. The quantitative estimate of drug-likeness (QED) is 0.449. The molecule has 0 bridgehead atoms. The molecule has 0 fully saturated rings. The number of thiophene rings is 1. The molecule has 0 aliphatic carbocycles. The molecule has 0 aliphatic heterocycles. The highest BCUT2D eigenvalue weighted by atomic mass is 35.5. The summed E-state index contributed by atoms with van der Waals surface area (Å²) in [5.74, 6) is 1.06. The lowest BCUT2D eigenvalue weighted by Crippen LogP contribution is -2.07. The largest absolute Gasteiger partial charge is 0.292 e. The van der Waals surface area contributed by atoms with E-state index in [-0.39, 0.29) is 5.78 Å². The Labute approximate surface area is 91.5 Å². The van der Waals surface area contributed by atoms with Gasteiger partial charge in [-0.25, -0.2) is 0 Å². The third kappa shape index (κ3) is 3.01. The maximum atomic E-state index is 11.4. The molecule has 0 spiro atoms. The molecule has 0 radical (unpaired) electrons. The minimum atomic E-state index is -0.418. The zero-order valence-corrected chi connectivity index (χ0v) is 9.93. The number of halogens is 1. The van der Waals surface area contributed by atoms with Crippen LogP contribution in [0, 0.1) is 0 Å². The maximum absolute atomic E-state index is 11.4. The zero-order chi connectivity index (χ0) is 9.84. The highest BCUT2D eigenvalue weighted by Gasteiger charge is 2.14. The van der Waals surface area contributed by atoms with Gasteiger partial charge in [-0.1, -0.05) is 6.92 Å². The lowest BCUT2D eigenvalue weighted by Gasteiger charge is -1.96. The number of Topliss-reactive ketones (excluding diaryl/α,β-unsaturated/α-hetero) is 1. The summed E-state index contributed by atoms with van der Waals surface area (Å²) in [5.41, 5.74) is 0. The van der Waals surface area contributed by atoms with Crippen molar-refractivity contribution in [3.05, 3.63) is 17.0 Å². The van der Waals surface area contributed by atoms with E-state index in [1.807, 2.05) is 12.1 Å². The number of rotatable bonds is 4. The summed E-state index contributed by atoms with van der Waals surface area (Å²) in [6.07, 6.45) is 0. The smallest absolute Gasteiger partial charge is 0.190 e. The normalized spacial score (nSPS) is 12.8. The average Bonchev–Trinajstić information content (AvgIpc) is 2.52. The summed E-state index contributed by atoms with van der Waals surface area (Å²) in [4.78, 5) is 12.2. The van der Waals surface area contributed by atoms with Crippen LogP contribution in [0.25, 0.3) is 0 Å². The molecule has 0 N–H and O–H groups in total. The van der Waals surface area contributed by atoms with E-state index in [1.54, 1.807) is 18.7 Å². The van der Waals surface area contributed by atoms with Crippen LogP contribution in [-0.4, -0.2) is 16.9 Å². The first kappa shape index (κ1) is 11.1. The molecule has 72 valence electrons. The van der Waals surface area contributed by atoms with Gasteiger partial charge in [0.25, 0.3) is 0 Å². The highest BCUT2D eigenvalue weighted by Crippen LogP contribution is 2.28. The van der Waals surface area contributed by atoms with Gasteiger partial charge < -0.3 is 0 Å². The van der Waals surface area contributed by atoms with Crippen LogP contribution in [-0.2, 0) is 0 Å². The number of hydrogen-bond acceptors (Lipinski definition) is 3. The van der Waals surface area contributed by atoms with Crippen LogP contribution in [0.15, 0.2) is 16.3 Å². The van der Waals surface area contributed by atoms with Crippen LogP contribution in [0.3, 0.4) is 0 Å². The molecule has 1 nitrogen and oxygen atoms in total. The fourth-order valence-corrected chi connectivity index (χ4v) is 3.12. The molecule has 1 aromatic rings. The van der Waals surface area contributed by atoms with Crippen LogP contribution >= 0.6 is 34.7 Å². The molecule has 1 unspecified atom stereocenters. The number of alkyl halides is 1. The van der Waals surface area contributed by atoms with Crippen molar-refractivity contribution in [2.75, 3.05) is 5.75 Å². The molecule has 0 aromatic carbocycles. The van der Waals surface area contributed by atoms with Crippen LogP contribution in [0.5, 0.6) is 0 Å². The third-order valence-corrected chi connectivity index (χ3v) is 3.88. The van der Waals surface area contributed by atoms with Gasteiger partial charge in [-0.3, -0.25) is 4.79 Å². The number of carbonyl (C=O) groups is 1. The predicted molar refractivity (Wildman–Crippen MR) is 60.4 cm³/mol. The molecule has 4 heteroatoms. The summed E-state index contributed by atoms with van der Waals surface area (Å²) < 4.78 is 1.18. The van der Waals surface area contributed by atoms with Crippen molar-refractivity contribution in [3.63, 3.8) is 0 Å². The molecule has 1 heterocycles. The first-order valence-electron chi connectivity index (χ1n) is 4.06. The van der Waals surface area contributed by atoms with Crippen LogP contribution < -0.4 is 0 Å². The molecular formula is C9H11ClOS2. The number of ketones is 1. The molecule has 0 saturated heterocycles. The summed E-state index contributed by atoms with van der Waals surface area (Å²) in [7, 11) is 0. The topological polar surface area (TPSA) is 17.1 Å². The van der Waals surface area contributed by atoms with E-state index >= 15 is 0 Å². The van der Waals surface area contributed by atoms with Gasteiger partial charge in [0.2, 0.25) is 0 Å². The second-order valence-corrected chi connectivity index (χ2v) is 5.83. The number of carbonyl (C=O) groups excluding carboxylic acids is 1. The minimum Gasteiger partial charge on any atom is -0.292 e. The van der Waals surface area contributed by atoms with E-state index in [0.29, 0.717) is 0 Å². The monoisotopic (exact) mass is 234 g/mol. The maximum Gasteiger partial charge on any atom is 0.190 e. The van der Waals surface area contributed by atoms with Gasteiger partial charge in [-0.2, -0.15) is 0 Å². The Morgan fingerprint density at radius 3 is 2.92 bits per heavy atom. The Hall–Kier alpha value is 0.01000. The lowest BCUT2D eigenvalue weighted by molar-refractivity contribution is 0.0995. The summed E-state index contributed by atoms with van der Waals surface area (Å²) in [5, 5.41) is -0.418. The molecule has 0 aliphatic rings. The average molecular weight is 235 g/mol. The van der Waals surface area contributed by atoms with Crippen molar-refractivity contribution in [1.29, 1.82) is 0 Å². The Morgan fingerprint density at radius 1 is 1.69 bits per heavy atom. The Balaban J connectivity index is 2.73. The Kier molecular flexibility index (Phi) is 4.29. The van der Waals surface area contributed by atoms with Crippen molar-refractivity contribution in [2.45, 2.75) is 23.4 Å². The number of thioether (sulfide) groups is 1. The second-order valence-electron chi connectivity index (χ2n) is 2.53. The van der Waals surface area contributed by atoms with Gasteiger partial charge in [-0.15, -0.1) is 34.7 Å². The van der Waals surface area contributed by atoms with E-state index in [4.69, 9.17) is 11.6 Å². The molecule has 1 atom stereocenters. The van der Waals surface area contributed by atoms with Crippen LogP contribution in [0.4, 0.5) is 0 Å². The second kappa shape index (κ2) is 5.03. The summed E-state index contributed by atoms with van der Waals surface area (Å²) in [6.45, 7) is 3.80. The Morgan fingerprint density at radius 2 is 2.38 bits per heavy atom. The van der Waals surface area contributed by atoms with Crippen molar-refractivity contribution in [3.8, 4) is 0 Å². The van der Waals surface area contributed by atoms with E-state index in [1.165, 1.54) is 15.5 Å². The van der Waals surface area contributed by atoms with E-state index in [0.717, 1.165) is 10.6 Å². The highest BCUT2D eigenvalue weighted by molar-refractivity contribution is 8.01.